The number of carbonyl (C=O) groups is 1. The van der Waals surface area contributed by atoms with Crippen LogP contribution < -0.4 is 14.2 Å². The highest BCUT2D eigenvalue weighted by atomic mass is 16.5. The van der Waals surface area contributed by atoms with Crippen molar-refractivity contribution in [1.29, 1.82) is 0 Å². The van der Waals surface area contributed by atoms with Crippen molar-refractivity contribution in [2.24, 2.45) is 0 Å². The van der Waals surface area contributed by atoms with Crippen LogP contribution in [0.2, 0.25) is 0 Å². The number of benzene rings is 1. The fourth-order valence-electron chi connectivity index (χ4n) is 1.51. The van der Waals surface area contributed by atoms with Crippen LogP contribution in [0, 0.1) is 0 Å². The van der Waals surface area contributed by atoms with Gasteiger partial charge >= 0.3 is 5.97 Å². The predicted molar refractivity (Wildman–Crippen MR) is 63.1 cm³/mol. The molecule has 0 aliphatic carbocycles. The summed E-state index contributed by atoms with van der Waals surface area (Å²) < 4.78 is 19.8. The van der Waals surface area contributed by atoms with Crippen molar-refractivity contribution in [3.05, 3.63) is 17.7 Å². The molecule has 0 fully saturated rings. The van der Waals surface area contributed by atoms with Crippen LogP contribution >= 0.6 is 0 Å². The van der Waals surface area contributed by atoms with Gasteiger partial charge in [-0.25, -0.2) is 4.79 Å². The molecule has 18 heavy (non-hydrogen) atoms. The van der Waals surface area contributed by atoms with Crippen molar-refractivity contribution in [2.45, 2.75) is 6.10 Å². The molecule has 1 N–H and O–H groups in total. The van der Waals surface area contributed by atoms with Gasteiger partial charge in [0.2, 0.25) is 0 Å². The van der Waals surface area contributed by atoms with Crippen LogP contribution in [0.4, 0.5) is 0 Å². The van der Waals surface area contributed by atoms with Gasteiger partial charge in [0.25, 0.3) is 0 Å². The summed E-state index contributed by atoms with van der Waals surface area (Å²) in [6.45, 7) is 0. The highest BCUT2D eigenvalue weighted by Crippen LogP contribution is 2.37. The Labute approximate surface area is 105 Å². The quantitative estimate of drug-likeness (QED) is 0.790. The number of hydrogen-bond donors (Lipinski definition) is 1. The highest BCUT2D eigenvalue weighted by Gasteiger charge is 2.24. The third kappa shape index (κ3) is 2.65. The lowest BCUT2D eigenvalue weighted by molar-refractivity contribution is -0.150. The van der Waals surface area contributed by atoms with E-state index in [4.69, 9.17) is 14.2 Å². The summed E-state index contributed by atoms with van der Waals surface area (Å²) in [5.74, 6) is 0.359. The lowest BCUT2D eigenvalue weighted by atomic mass is 10.1. The summed E-state index contributed by atoms with van der Waals surface area (Å²) >= 11 is 0. The minimum atomic E-state index is -1.44. The summed E-state index contributed by atoms with van der Waals surface area (Å²) in [5, 5.41) is 9.83. The summed E-state index contributed by atoms with van der Waals surface area (Å²) in [4.78, 5) is 11.3. The number of carbonyl (C=O) groups excluding carboxylic acids is 1. The minimum absolute atomic E-state index is 0.252. The second-order valence-electron chi connectivity index (χ2n) is 3.37. The third-order valence-corrected chi connectivity index (χ3v) is 2.45. The maximum absolute atomic E-state index is 11.3. The molecule has 1 aromatic rings. The molecule has 0 saturated heterocycles. The zero-order valence-corrected chi connectivity index (χ0v) is 10.7. The number of aliphatic hydroxyl groups excluding tert-OH is 1. The van der Waals surface area contributed by atoms with Gasteiger partial charge in [0.05, 0.1) is 28.4 Å². The maximum Gasteiger partial charge on any atom is 0.339 e. The molecule has 1 unspecified atom stereocenters. The Bertz CT molecular complexity index is 429. The van der Waals surface area contributed by atoms with Crippen LogP contribution in [0.15, 0.2) is 12.1 Å². The average Bonchev–Trinajstić information content (AvgIpc) is 2.43. The lowest BCUT2D eigenvalue weighted by Crippen LogP contribution is -2.14. The van der Waals surface area contributed by atoms with E-state index in [1.807, 2.05) is 0 Å². The van der Waals surface area contributed by atoms with Crippen molar-refractivity contribution in [2.75, 3.05) is 28.4 Å². The number of aliphatic hydroxyl groups is 1. The van der Waals surface area contributed by atoms with Crippen molar-refractivity contribution in [1.82, 2.24) is 0 Å². The van der Waals surface area contributed by atoms with Crippen molar-refractivity contribution < 1.29 is 28.8 Å². The van der Waals surface area contributed by atoms with Gasteiger partial charge in [-0.15, -0.1) is 0 Å². The lowest BCUT2D eigenvalue weighted by Gasteiger charge is -2.16. The summed E-state index contributed by atoms with van der Waals surface area (Å²) in [6.07, 6.45) is -1.44. The van der Waals surface area contributed by atoms with Gasteiger partial charge in [0.1, 0.15) is 5.75 Å². The molecule has 0 aliphatic heterocycles. The van der Waals surface area contributed by atoms with Crippen molar-refractivity contribution in [3.8, 4) is 17.2 Å². The first-order valence-corrected chi connectivity index (χ1v) is 5.14. The first-order valence-electron chi connectivity index (χ1n) is 5.14. The molecule has 6 heteroatoms. The van der Waals surface area contributed by atoms with Crippen LogP contribution in [0.25, 0.3) is 0 Å². The topological polar surface area (TPSA) is 74.2 Å². The molecule has 0 spiro atoms. The zero-order chi connectivity index (χ0) is 13.7. The minimum Gasteiger partial charge on any atom is -0.496 e. The number of rotatable bonds is 5. The second kappa shape index (κ2) is 6.11. The van der Waals surface area contributed by atoms with E-state index in [9.17, 15) is 9.90 Å². The molecular formula is C12H16O6. The van der Waals surface area contributed by atoms with Crippen LogP contribution in [0.5, 0.6) is 17.2 Å². The molecule has 0 bridgehead atoms. The van der Waals surface area contributed by atoms with E-state index < -0.39 is 12.1 Å². The Balaban J connectivity index is 3.29. The first kappa shape index (κ1) is 14.1. The average molecular weight is 256 g/mol. The first-order chi connectivity index (χ1) is 8.58. The maximum atomic E-state index is 11.3. The molecule has 1 atom stereocenters. The van der Waals surface area contributed by atoms with Gasteiger partial charge in [0, 0.05) is 11.6 Å². The van der Waals surface area contributed by atoms with Crippen LogP contribution in [0.1, 0.15) is 11.7 Å². The molecule has 100 valence electrons. The van der Waals surface area contributed by atoms with E-state index in [1.165, 1.54) is 40.6 Å². The van der Waals surface area contributed by atoms with E-state index >= 15 is 0 Å². The van der Waals surface area contributed by atoms with Gasteiger partial charge < -0.3 is 24.1 Å². The number of hydrogen-bond acceptors (Lipinski definition) is 6. The van der Waals surface area contributed by atoms with Crippen LogP contribution in [0.3, 0.4) is 0 Å². The van der Waals surface area contributed by atoms with Gasteiger partial charge in [-0.1, -0.05) is 0 Å². The number of esters is 1. The third-order valence-electron chi connectivity index (χ3n) is 2.45. The van der Waals surface area contributed by atoms with E-state index in [2.05, 4.69) is 4.74 Å². The summed E-state index contributed by atoms with van der Waals surface area (Å²) in [7, 11) is 5.56. The molecule has 1 aromatic carbocycles. The standard InChI is InChI=1S/C12H16O6/c1-15-8-6-10(17-3)9(16-2)5-7(8)11(13)12(14)18-4/h5-6,11,13H,1-4H3. The zero-order valence-electron chi connectivity index (χ0n) is 10.7. The Morgan fingerprint density at radius 3 is 1.94 bits per heavy atom. The highest BCUT2D eigenvalue weighted by molar-refractivity contribution is 5.77. The molecule has 0 heterocycles. The normalized spacial score (nSPS) is 11.6. The Kier molecular flexibility index (Phi) is 4.79. The fourth-order valence-corrected chi connectivity index (χ4v) is 1.51. The number of ether oxygens (including phenoxy) is 4. The SMILES string of the molecule is COC(=O)C(O)c1cc(OC)c(OC)cc1OC. The van der Waals surface area contributed by atoms with E-state index in [1.54, 1.807) is 0 Å². The Morgan fingerprint density at radius 1 is 1.00 bits per heavy atom. The summed E-state index contributed by atoms with van der Waals surface area (Å²) in [6, 6.07) is 3.00. The molecular weight excluding hydrogens is 240 g/mol. The van der Waals surface area contributed by atoms with E-state index in [0.29, 0.717) is 17.2 Å². The molecule has 1 rings (SSSR count). The number of methoxy groups -OCH3 is 4. The van der Waals surface area contributed by atoms with Crippen molar-refractivity contribution >= 4 is 5.97 Å². The molecule has 0 amide bonds. The molecule has 0 radical (unpaired) electrons. The molecule has 0 saturated carbocycles. The van der Waals surface area contributed by atoms with Crippen molar-refractivity contribution in [3.63, 3.8) is 0 Å². The van der Waals surface area contributed by atoms with Gasteiger partial charge in [-0.2, -0.15) is 0 Å². The van der Waals surface area contributed by atoms with Gasteiger partial charge in [0.15, 0.2) is 17.6 Å². The predicted octanol–water partition coefficient (Wildman–Crippen LogP) is 0.919. The molecule has 0 aromatic heterocycles. The van der Waals surface area contributed by atoms with E-state index in [0.717, 1.165) is 0 Å². The second-order valence-corrected chi connectivity index (χ2v) is 3.37. The smallest absolute Gasteiger partial charge is 0.339 e. The molecule has 0 aliphatic rings. The summed E-state index contributed by atoms with van der Waals surface area (Å²) in [5.41, 5.74) is 0.252. The molecule has 6 nitrogen and oxygen atoms in total. The largest absolute Gasteiger partial charge is 0.496 e. The Morgan fingerprint density at radius 2 is 1.50 bits per heavy atom. The van der Waals surface area contributed by atoms with Crippen LogP contribution in [-0.2, 0) is 9.53 Å². The van der Waals surface area contributed by atoms with Gasteiger partial charge in [-0.05, 0) is 6.07 Å². The van der Waals surface area contributed by atoms with E-state index in [-0.39, 0.29) is 5.56 Å². The van der Waals surface area contributed by atoms with Gasteiger partial charge in [-0.3, -0.25) is 0 Å². The fraction of sp³-hybridized carbons (Fsp3) is 0.417. The van der Waals surface area contributed by atoms with Crippen LogP contribution in [-0.4, -0.2) is 39.5 Å². The Hall–Kier alpha value is -1.95. The monoisotopic (exact) mass is 256 g/mol.